The first-order valence-corrected chi connectivity index (χ1v) is 14.8. The van der Waals surface area contributed by atoms with E-state index in [1.807, 2.05) is 24.3 Å². The number of aromatic amines is 2. The maximum atomic E-state index is 13.6. The molecular formula is C29H43N11O5. The number of amides is 3. The van der Waals surface area contributed by atoms with Crippen molar-refractivity contribution < 1.29 is 24.3 Å². The summed E-state index contributed by atoms with van der Waals surface area (Å²) in [6.45, 7) is 0.588. The molecule has 1 aromatic carbocycles. The Morgan fingerprint density at radius 1 is 0.889 bits per heavy atom. The number of unbranched alkanes of at least 4 members (excludes halogenated alkanes) is 1. The molecule has 3 aromatic rings. The topological polar surface area (TPSA) is 286 Å². The van der Waals surface area contributed by atoms with Crippen LogP contribution in [0.15, 0.2) is 48.0 Å². The molecule has 2 heterocycles. The number of hydrogen-bond acceptors (Lipinski definition) is 8. The number of nitrogens with one attached hydrogen (secondary N) is 5. The van der Waals surface area contributed by atoms with Crippen LogP contribution in [0.2, 0.25) is 0 Å². The van der Waals surface area contributed by atoms with Crippen LogP contribution in [-0.4, -0.2) is 87.0 Å². The van der Waals surface area contributed by atoms with Gasteiger partial charge in [-0.15, -0.1) is 0 Å². The summed E-state index contributed by atoms with van der Waals surface area (Å²) >= 11 is 0. The van der Waals surface area contributed by atoms with Crippen molar-refractivity contribution in [2.75, 3.05) is 13.1 Å². The van der Waals surface area contributed by atoms with Gasteiger partial charge in [0.05, 0.1) is 12.4 Å². The zero-order valence-corrected chi connectivity index (χ0v) is 25.0. The van der Waals surface area contributed by atoms with Crippen molar-refractivity contribution in [2.24, 2.45) is 27.9 Å². The second kappa shape index (κ2) is 17.4. The second-order valence-electron chi connectivity index (χ2n) is 10.7. The number of para-hydroxylation sites is 1. The fraction of sp³-hybridized carbons (Fsp3) is 0.448. The lowest BCUT2D eigenvalue weighted by atomic mass is 10.0. The van der Waals surface area contributed by atoms with Crippen molar-refractivity contribution >= 4 is 40.6 Å². The van der Waals surface area contributed by atoms with Gasteiger partial charge in [0.15, 0.2) is 5.96 Å². The molecule has 4 atom stereocenters. The molecule has 4 unspecified atom stereocenters. The zero-order valence-electron chi connectivity index (χ0n) is 25.0. The number of carboxylic acids is 1. The van der Waals surface area contributed by atoms with Gasteiger partial charge in [-0.3, -0.25) is 19.4 Å². The first-order valence-electron chi connectivity index (χ1n) is 14.8. The van der Waals surface area contributed by atoms with Crippen molar-refractivity contribution in [1.29, 1.82) is 0 Å². The van der Waals surface area contributed by atoms with Gasteiger partial charge in [0.2, 0.25) is 17.7 Å². The van der Waals surface area contributed by atoms with Crippen molar-refractivity contribution in [2.45, 2.75) is 69.1 Å². The average Bonchev–Trinajstić information content (AvgIpc) is 3.67. The number of guanidine groups is 1. The Morgan fingerprint density at radius 2 is 1.58 bits per heavy atom. The van der Waals surface area contributed by atoms with Gasteiger partial charge in [0, 0.05) is 42.0 Å². The molecule has 0 fully saturated rings. The molecule has 244 valence electrons. The largest absolute Gasteiger partial charge is 0.480 e. The van der Waals surface area contributed by atoms with E-state index in [0.717, 1.165) is 16.5 Å². The molecule has 16 heteroatoms. The summed E-state index contributed by atoms with van der Waals surface area (Å²) < 4.78 is 0. The minimum atomic E-state index is -1.21. The number of carbonyl (C=O) groups is 4. The van der Waals surface area contributed by atoms with Gasteiger partial charge in [-0.2, -0.15) is 0 Å². The summed E-state index contributed by atoms with van der Waals surface area (Å²) in [5.41, 5.74) is 24.9. The van der Waals surface area contributed by atoms with Crippen molar-refractivity contribution in [3.63, 3.8) is 0 Å². The number of rotatable bonds is 19. The summed E-state index contributed by atoms with van der Waals surface area (Å²) in [4.78, 5) is 65.9. The number of aromatic nitrogens is 3. The van der Waals surface area contributed by atoms with Crippen LogP contribution in [0.25, 0.3) is 10.9 Å². The molecule has 0 bridgehead atoms. The van der Waals surface area contributed by atoms with Gasteiger partial charge in [0.1, 0.15) is 18.1 Å². The van der Waals surface area contributed by atoms with Crippen molar-refractivity contribution in [3.05, 3.63) is 54.2 Å². The summed E-state index contributed by atoms with van der Waals surface area (Å²) in [5.74, 6) is -3.26. The minimum Gasteiger partial charge on any atom is -0.480 e. The Balaban J connectivity index is 1.75. The molecule has 45 heavy (non-hydrogen) atoms. The van der Waals surface area contributed by atoms with E-state index in [1.54, 1.807) is 6.20 Å². The van der Waals surface area contributed by atoms with Crippen LogP contribution >= 0.6 is 0 Å². The number of aliphatic carboxylic acids is 1. The van der Waals surface area contributed by atoms with E-state index in [0.29, 0.717) is 31.5 Å². The quantitative estimate of drug-likeness (QED) is 0.0428. The fourth-order valence-electron chi connectivity index (χ4n) is 4.80. The summed E-state index contributed by atoms with van der Waals surface area (Å²) in [6, 6.07) is 3.17. The minimum absolute atomic E-state index is 0.0124. The van der Waals surface area contributed by atoms with Crippen molar-refractivity contribution in [1.82, 2.24) is 30.9 Å². The molecule has 0 saturated heterocycles. The molecule has 2 aromatic heterocycles. The highest BCUT2D eigenvalue weighted by Crippen LogP contribution is 2.19. The third-order valence-electron chi connectivity index (χ3n) is 7.20. The summed E-state index contributed by atoms with van der Waals surface area (Å²) in [6.07, 6.45) is 6.60. The van der Waals surface area contributed by atoms with E-state index < -0.39 is 47.9 Å². The molecule has 3 rings (SSSR count). The molecule has 14 N–H and O–H groups in total. The molecule has 0 spiro atoms. The number of imidazole rings is 1. The summed E-state index contributed by atoms with van der Waals surface area (Å²) in [5, 5.41) is 18.5. The second-order valence-corrected chi connectivity index (χ2v) is 10.7. The predicted octanol–water partition coefficient (Wildman–Crippen LogP) is -1.27. The summed E-state index contributed by atoms with van der Waals surface area (Å²) in [7, 11) is 0. The van der Waals surface area contributed by atoms with E-state index in [4.69, 9.17) is 22.9 Å². The van der Waals surface area contributed by atoms with Gasteiger partial charge < -0.3 is 54.0 Å². The van der Waals surface area contributed by atoms with E-state index in [1.165, 1.54) is 12.5 Å². The lowest BCUT2D eigenvalue weighted by molar-refractivity contribution is -0.142. The highest BCUT2D eigenvalue weighted by atomic mass is 16.4. The van der Waals surface area contributed by atoms with Gasteiger partial charge in [0.25, 0.3) is 0 Å². The third-order valence-corrected chi connectivity index (χ3v) is 7.20. The Bertz CT molecular complexity index is 1440. The van der Waals surface area contributed by atoms with Crippen LogP contribution in [0.5, 0.6) is 0 Å². The maximum Gasteiger partial charge on any atom is 0.326 e. The first kappa shape index (κ1) is 34.5. The number of nitrogens with two attached hydrogens (primary N) is 4. The van der Waals surface area contributed by atoms with E-state index in [2.05, 4.69) is 35.9 Å². The van der Waals surface area contributed by atoms with Crippen molar-refractivity contribution in [3.8, 4) is 0 Å². The normalized spacial score (nSPS) is 13.7. The standard InChI is InChI=1S/C29H43N11O5/c30-10-4-3-8-23(28(44)45)39-27(43)24(13-18-15-34-16-37-18)40-26(42)22(9-5-11-35-29(32)33)38-25(41)20(31)12-17-14-36-21-7-2-1-6-19(17)21/h1-2,6-7,14-16,20,22-24,36H,3-5,8-13,30-31H2,(H,34,37)(H,38,41)(H,39,43)(H,40,42)(H,44,45)(H4,32,33,35). The Hall–Kier alpha value is -4.96. The number of fused-ring (bicyclic) bond motifs is 1. The van der Waals surface area contributed by atoms with Crippen LogP contribution < -0.4 is 38.9 Å². The SMILES string of the molecule is NCCCCC(NC(=O)C(Cc1cnc[nH]1)NC(=O)C(CCCN=C(N)N)NC(=O)C(N)Cc1c[nH]c2ccccc12)C(=O)O. The molecular weight excluding hydrogens is 582 g/mol. The van der Waals surface area contributed by atoms with Gasteiger partial charge >= 0.3 is 5.97 Å². The maximum absolute atomic E-state index is 13.6. The van der Waals surface area contributed by atoms with E-state index in [9.17, 15) is 24.3 Å². The Labute approximate surface area is 260 Å². The van der Waals surface area contributed by atoms with Gasteiger partial charge in [-0.05, 0) is 56.7 Å². The highest BCUT2D eigenvalue weighted by Gasteiger charge is 2.31. The third kappa shape index (κ3) is 10.9. The Kier molecular flexibility index (Phi) is 13.3. The van der Waals surface area contributed by atoms with Gasteiger partial charge in [-0.25, -0.2) is 9.78 Å². The highest BCUT2D eigenvalue weighted by molar-refractivity contribution is 5.94. The number of H-pyrrole nitrogens is 2. The average molecular weight is 626 g/mol. The monoisotopic (exact) mass is 625 g/mol. The molecule has 0 radical (unpaired) electrons. The zero-order chi connectivity index (χ0) is 32.8. The van der Waals surface area contributed by atoms with Gasteiger partial charge in [-0.1, -0.05) is 18.2 Å². The number of carboxylic acid groups (broad SMARTS) is 1. The molecule has 0 aliphatic heterocycles. The number of aliphatic imine (C=N–C) groups is 1. The van der Waals surface area contributed by atoms with E-state index >= 15 is 0 Å². The number of benzene rings is 1. The molecule has 0 aliphatic carbocycles. The number of carbonyl (C=O) groups excluding carboxylic acids is 3. The lowest BCUT2D eigenvalue weighted by Gasteiger charge is -2.25. The van der Waals surface area contributed by atoms with Crippen LogP contribution in [0.1, 0.15) is 43.4 Å². The molecule has 3 amide bonds. The van der Waals surface area contributed by atoms with Crippen LogP contribution in [0.3, 0.4) is 0 Å². The number of nitrogens with zero attached hydrogens (tertiary/aromatic N) is 2. The number of hydrogen-bond donors (Lipinski definition) is 10. The molecule has 0 aliphatic rings. The van der Waals surface area contributed by atoms with Crippen LogP contribution in [0, 0.1) is 0 Å². The molecule has 0 saturated carbocycles. The van der Waals surface area contributed by atoms with Crippen LogP contribution in [0.4, 0.5) is 0 Å². The molecule has 16 nitrogen and oxygen atoms in total. The lowest BCUT2D eigenvalue weighted by Crippen LogP contribution is -2.57. The predicted molar refractivity (Wildman–Crippen MR) is 169 cm³/mol. The smallest absolute Gasteiger partial charge is 0.326 e. The Morgan fingerprint density at radius 3 is 2.27 bits per heavy atom. The van der Waals surface area contributed by atoms with E-state index in [-0.39, 0.29) is 38.2 Å². The van der Waals surface area contributed by atoms with Crippen LogP contribution in [-0.2, 0) is 32.0 Å². The fourth-order valence-corrected chi connectivity index (χ4v) is 4.80. The first-order chi connectivity index (χ1) is 21.6.